The summed E-state index contributed by atoms with van der Waals surface area (Å²) in [6.45, 7) is 1.99. The second-order valence-electron chi connectivity index (χ2n) is 6.06. The zero-order valence-electron chi connectivity index (χ0n) is 13.1. The predicted octanol–water partition coefficient (Wildman–Crippen LogP) is 4.18. The van der Waals surface area contributed by atoms with Crippen molar-refractivity contribution >= 4 is 23.5 Å². The lowest BCUT2D eigenvalue weighted by molar-refractivity contribution is 0.0378. The van der Waals surface area contributed by atoms with Crippen molar-refractivity contribution in [2.45, 2.75) is 30.0 Å². The number of nitrogens with zero attached hydrogens (tertiary/aromatic N) is 1. The first-order chi connectivity index (χ1) is 11.1. The molecule has 4 rings (SSSR count). The van der Waals surface area contributed by atoms with Gasteiger partial charge in [0.25, 0.3) is 0 Å². The SMILES string of the molecule is CSc1cccc(N2C(=O)N[C@@H]3C[C@]2(C)Oc2ccccc23)c1. The van der Waals surface area contributed by atoms with Gasteiger partial charge in [-0.25, -0.2) is 4.79 Å². The molecule has 5 heteroatoms. The third-order valence-electron chi connectivity index (χ3n) is 4.49. The van der Waals surface area contributed by atoms with Crippen LogP contribution in [0, 0.1) is 0 Å². The summed E-state index contributed by atoms with van der Waals surface area (Å²) in [5.74, 6) is 0.845. The fourth-order valence-electron chi connectivity index (χ4n) is 3.46. The van der Waals surface area contributed by atoms with Crippen LogP contribution < -0.4 is 15.0 Å². The summed E-state index contributed by atoms with van der Waals surface area (Å²) in [6.07, 6.45) is 2.75. The van der Waals surface area contributed by atoms with Crippen molar-refractivity contribution in [1.82, 2.24) is 5.32 Å². The normalized spacial score (nSPS) is 25.4. The lowest BCUT2D eigenvalue weighted by Crippen LogP contribution is -2.65. The summed E-state index contributed by atoms with van der Waals surface area (Å²) in [5, 5.41) is 3.12. The topological polar surface area (TPSA) is 41.6 Å². The van der Waals surface area contributed by atoms with Crippen LogP contribution in [0.2, 0.25) is 0 Å². The number of hydrogen-bond acceptors (Lipinski definition) is 3. The summed E-state index contributed by atoms with van der Waals surface area (Å²) in [4.78, 5) is 15.6. The molecule has 23 heavy (non-hydrogen) atoms. The van der Waals surface area contributed by atoms with E-state index in [1.165, 1.54) is 0 Å². The number of benzene rings is 2. The van der Waals surface area contributed by atoms with Crippen molar-refractivity contribution in [2.24, 2.45) is 0 Å². The van der Waals surface area contributed by atoms with E-state index in [2.05, 4.69) is 5.32 Å². The molecule has 0 spiro atoms. The zero-order chi connectivity index (χ0) is 16.0. The molecule has 0 aliphatic carbocycles. The Morgan fingerprint density at radius 3 is 2.91 bits per heavy atom. The van der Waals surface area contributed by atoms with Crippen molar-refractivity contribution < 1.29 is 9.53 Å². The summed E-state index contributed by atoms with van der Waals surface area (Å²) in [7, 11) is 0. The molecule has 0 unspecified atom stereocenters. The summed E-state index contributed by atoms with van der Waals surface area (Å²) in [5.41, 5.74) is 1.23. The average molecular weight is 326 g/mol. The van der Waals surface area contributed by atoms with E-state index in [1.807, 2.05) is 61.7 Å². The lowest BCUT2D eigenvalue weighted by atomic mass is 9.90. The first-order valence-electron chi connectivity index (χ1n) is 7.63. The van der Waals surface area contributed by atoms with Gasteiger partial charge in [0.15, 0.2) is 5.72 Å². The maximum atomic E-state index is 12.8. The molecule has 2 aromatic rings. The number of fused-ring (bicyclic) bond motifs is 4. The average Bonchev–Trinajstić information content (AvgIpc) is 2.54. The summed E-state index contributed by atoms with van der Waals surface area (Å²) >= 11 is 1.66. The van der Waals surface area contributed by atoms with Crippen LogP contribution in [0.1, 0.15) is 24.9 Å². The van der Waals surface area contributed by atoms with Crippen molar-refractivity contribution in [3.8, 4) is 5.75 Å². The number of carbonyl (C=O) groups is 1. The smallest absolute Gasteiger partial charge is 0.325 e. The first-order valence-corrected chi connectivity index (χ1v) is 8.86. The summed E-state index contributed by atoms with van der Waals surface area (Å²) in [6, 6.07) is 15.8. The molecule has 2 aliphatic heterocycles. The van der Waals surface area contributed by atoms with Gasteiger partial charge in [-0.15, -0.1) is 11.8 Å². The van der Waals surface area contributed by atoms with Crippen LogP contribution >= 0.6 is 11.8 Å². The van der Waals surface area contributed by atoms with Crippen LogP contribution in [0.25, 0.3) is 0 Å². The molecule has 1 N–H and O–H groups in total. The number of thioether (sulfide) groups is 1. The molecule has 2 amide bonds. The molecule has 2 heterocycles. The number of hydrogen-bond donors (Lipinski definition) is 1. The van der Waals surface area contributed by atoms with E-state index in [9.17, 15) is 4.79 Å². The number of rotatable bonds is 2. The molecule has 2 atom stereocenters. The van der Waals surface area contributed by atoms with Gasteiger partial charge in [-0.3, -0.25) is 4.90 Å². The van der Waals surface area contributed by atoms with E-state index in [0.29, 0.717) is 0 Å². The fraction of sp³-hybridized carbons (Fsp3) is 0.278. The van der Waals surface area contributed by atoms with E-state index in [1.54, 1.807) is 16.7 Å². The fourth-order valence-corrected chi connectivity index (χ4v) is 3.92. The van der Waals surface area contributed by atoms with Crippen LogP contribution in [0.3, 0.4) is 0 Å². The summed E-state index contributed by atoms with van der Waals surface area (Å²) < 4.78 is 6.26. The minimum Gasteiger partial charge on any atom is -0.467 e. The van der Waals surface area contributed by atoms with Crippen LogP contribution in [-0.2, 0) is 0 Å². The molecule has 0 aromatic heterocycles. The van der Waals surface area contributed by atoms with Crippen molar-refractivity contribution in [1.29, 1.82) is 0 Å². The molecule has 118 valence electrons. The molecule has 0 saturated carbocycles. The number of carbonyl (C=O) groups excluding carboxylic acids is 1. The standard InChI is InChI=1S/C18H18N2O2S/c1-18-11-15(14-8-3-4-9-16(14)22-18)19-17(21)20(18)12-6-5-7-13(10-12)23-2/h3-10,15H,11H2,1-2H3,(H,19,21)/t15-,18+/m1/s1. The maximum absolute atomic E-state index is 12.8. The van der Waals surface area contributed by atoms with Crippen LogP contribution in [0.15, 0.2) is 53.4 Å². The molecule has 4 nitrogen and oxygen atoms in total. The van der Waals surface area contributed by atoms with Crippen molar-refractivity contribution in [3.05, 3.63) is 54.1 Å². The Kier molecular flexibility index (Phi) is 3.27. The second kappa shape index (κ2) is 5.20. The van der Waals surface area contributed by atoms with E-state index in [0.717, 1.165) is 28.3 Å². The first kappa shape index (κ1) is 14.5. The van der Waals surface area contributed by atoms with Gasteiger partial charge in [-0.2, -0.15) is 0 Å². The molecular formula is C18H18N2O2S. The number of nitrogens with one attached hydrogen (secondary N) is 1. The molecule has 1 fully saturated rings. The third-order valence-corrected chi connectivity index (χ3v) is 5.22. The highest BCUT2D eigenvalue weighted by atomic mass is 32.2. The Morgan fingerprint density at radius 2 is 2.09 bits per heavy atom. The van der Waals surface area contributed by atoms with E-state index in [-0.39, 0.29) is 12.1 Å². The number of amides is 2. The molecule has 2 aromatic carbocycles. The van der Waals surface area contributed by atoms with E-state index in [4.69, 9.17) is 4.74 Å². The number of anilines is 1. The Hall–Kier alpha value is -2.14. The minimum absolute atomic E-state index is 0.00238. The highest BCUT2D eigenvalue weighted by Gasteiger charge is 2.49. The highest BCUT2D eigenvalue weighted by molar-refractivity contribution is 7.98. The predicted molar refractivity (Wildman–Crippen MR) is 92.1 cm³/mol. The Morgan fingerprint density at radius 1 is 1.26 bits per heavy atom. The van der Waals surface area contributed by atoms with Gasteiger partial charge < -0.3 is 10.1 Å². The van der Waals surface area contributed by atoms with Gasteiger partial charge >= 0.3 is 6.03 Å². The van der Waals surface area contributed by atoms with Crippen LogP contribution in [0.4, 0.5) is 10.5 Å². The van der Waals surface area contributed by atoms with Gasteiger partial charge in [0, 0.05) is 16.9 Å². The van der Waals surface area contributed by atoms with Crippen molar-refractivity contribution in [2.75, 3.05) is 11.2 Å². The minimum atomic E-state index is -0.682. The largest absolute Gasteiger partial charge is 0.467 e. The Balaban J connectivity index is 1.79. The van der Waals surface area contributed by atoms with Crippen LogP contribution in [-0.4, -0.2) is 18.0 Å². The Bertz CT molecular complexity index is 779. The Labute approximate surface area is 139 Å². The molecule has 2 aliphatic rings. The van der Waals surface area contributed by atoms with Crippen molar-refractivity contribution in [3.63, 3.8) is 0 Å². The highest BCUT2D eigenvalue weighted by Crippen LogP contribution is 2.45. The monoisotopic (exact) mass is 326 g/mol. The lowest BCUT2D eigenvalue weighted by Gasteiger charge is -2.50. The van der Waals surface area contributed by atoms with Crippen LogP contribution in [0.5, 0.6) is 5.75 Å². The molecular weight excluding hydrogens is 308 g/mol. The van der Waals surface area contributed by atoms with Gasteiger partial charge in [-0.1, -0.05) is 24.3 Å². The number of ether oxygens (including phenoxy) is 1. The number of urea groups is 1. The zero-order valence-corrected chi connectivity index (χ0v) is 13.9. The van der Waals surface area contributed by atoms with E-state index >= 15 is 0 Å². The van der Waals surface area contributed by atoms with Gasteiger partial charge in [0.05, 0.1) is 11.7 Å². The van der Waals surface area contributed by atoms with E-state index < -0.39 is 5.72 Å². The molecule has 2 bridgehead atoms. The number of para-hydroxylation sites is 1. The second-order valence-corrected chi connectivity index (χ2v) is 6.94. The van der Waals surface area contributed by atoms with Gasteiger partial charge in [0.1, 0.15) is 5.75 Å². The quantitative estimate of drug-likeness (QED) is 0.842. The van der Waals surface area contributed by atoms with Gasteiger partial charge in [0.2, 0.25) is 0 Å². The molecule has 0 radical (unpaired) electrons. The third kappa shape index (κ3) is 2.27. The van der Waals surface area contributed by atoms with Gasteiger partial charge in [-0.05, 0) is 37.4 Å². The maximum Gasteiger partial charge on any atom is 0.325 e. The molecule has 1 saturated heterocycles.